The maximum Gasteiger partial charge on any atom is 0.147 e. The second kappa shape index (κ2) is 6.20. The maximum absolute atomic E-state index is 13.2. The summed E-state index contributed by atoms with van der Waals surface area (Å²) < 4.78 is 36.9. The fraction of sp³-hybridized carbons (Fsp3) is 0.429. The van der Waals surface area contributed by atoms with Crippen molar-refractivity contribution in [3.8, 4) is 0 Å². The summed E-state index contributed by atoms with van der Waals surface area (Å²) in [5, 5.41) is 4.17. The third-order valence-corrected chi connectivity index (χ3v) is 5.28. The molecule has 1 N–H and O–H groups in total. The van der Waals surface area contributed by atoms with Gasteiger partial charge in [0.15, 0.2) is 0 Å². The summed E-state index contributed by atoms with van der Waals surface area (Å²) in [6.45, 7) is 2.75. The molecule has 110 valence electrons. The number of nitrogens with one attached hydrogen (secondary N) is 1. The van der Waals surface area contributed by atoms with Gasteiger partial charge in [-0.3, -0.25) is 0 Å². The van der Waals surface area contributed by atoms with Crippen LogP contribution in [0.1, 0.15) is 24.3 Å². The normalized spacial score (nSPS) is 13.8. The van der Waals surface area contributed by atoms with E-state index in [1.54, 1.807) is 17.4 Å². The minimum Gasteiger partial charge on any atom is -0.309 e. The first kappa shape index (κ1) is 15.4. The first-order chi connectivity index (χ1) is 9.39. The van der Waals surface area contributed by atoms with Crippen molar-refractivity contribution >= 4 is 31.3 Å². The lowest BCUT2D eigenvalue weighted by Gasteiger charge is -2.15. The largest absolute Gasteiger partial charge is 0.309 e. The molecule has 0 radical (unpaired) electrons. The zero-order valence-electron chi connectivity index (χ0n) is 11.5. The smallest absolute Gasteiger partial charge is 0.147 e. The Morgan fingerprint density at radius 1 is 1.35 bits per heavy atom. The Balaban J connectivity index is 2.26. The lowest BCUT2D eigenvalue weighted by molar-refractivity contribution is 0.537. The van der Waals surface area contributed by atoms with Crippen molar-refractivity contribution in [1.82, 2.24) is 5.32 Å². The first-order valence-corrected chi connectivity index (χ1v) is 9.37. The summed E-state index contributed by atoms with van der Waals surface area (Å²) in [7, 11) is -2.98. The minimum absolute atomic E-state index is 0.00446. The molecular formula is C14H18FNO2S2. The second-order valence-electron chi connectivity index (χ2n) is 4.86. The van der Waals surface area contributed by atoms with Crippen molar-refractivity contribution in [3.05, 3.63) is 35.0 Å². The van der Waals surface area contributed by atoms with Gasteiger partial charge < -0.3 is 5.32 Å². The average molecular weight is 315 g/mol. The van der Waals surface area contributed by atoms with Gasteiger partial charge in [0.1, 0.15) is 15.7 Å². The van der Waals surface area contributed by atoms with Gasteiger partial charge in [-0.1, -0.05) is 6.92 Å². The van der Waals surface area contributed by atoms with E-state index in [-0.39, 0.29) is 17.6 Å². The van der Waals surface area contributed by atoms with Crippen LogP contribution in [-0.4, -0.2) is 27.0 Å². The highest BCUT2D eigenvalue weighted by Gasteiger charge is 2.16. The molecule has 0 fully saturated rings. The average Bonchev–Trinajstić information content (AvgIpc) is 2.75. The van der Waals surface area contributed by atoms with Crippen LogP contribution in [0.2, 0.25) is 0 Å². The molecule has 0 bridgehead atoms. The molecule has 20 heavy (non-hydrogen) atoms. The van der Waals surface area contributed by atoms with Crippen LogP contribution in [-0.2, 0) is 9.84 Å². The van der Waals surface area contributed by atoms with Crippen LogP contribution < -0.4 is 5.32 Å². The van der Waals surface area contributed by atoms with Crippen molar-refractivity contribution in [2.75, 3.05) is 18.6 Å². The third-order valence-electron chi connectivity index (χ3n) is 3.07. The van der Waals surface area contributed by atoms with Crippen LogP contribution in [0.3, 0.4) is 0 Å². The molecule has 0 saturated carbocycles. The number of fused-ring (bicyclic) bond motifs is 1. The Bertz CT molecular complexity index is 694. The van der Waals surface area contributed by atoms with Gasteiger partial charge >= 0.3 is 0 Å². The molecule has 1 aromatic heterocycles. The van der Waals surface area contributed by atoms with Gasteiger partial charge in [0.05, 0.1) is 5.75 Å². The van der Waals surface area contributed by atoms with Crippen molar-refractivity contribution in [1.29, 1.82) is 0 Å². The summed E-state index contributed by atoms with van der Waals surface area (Å²) in [4.78, 5) is 1.05. The van der Waals surface area contributed by atoms with Gasteiger partial charge in [-0.2, -0.15) is 0 Å². The van der Waals surface area contributed by atoms with Gasteiger partial charge in [0, 0.05) is 21.9 Å². The molecule has 1 atom stereocenters. The van der Waals surface area contributed by atoms with Crippen LogP contribution in [0.25, 0.3) is 10.1 Å². The monoisotopic (exact) mass is 315 g/mol. The van der Waals surface area contributed by atoms with Crippen molar-refractivity contribution in [2.45, 2.75) is 19.4 Å². The fourth-order valence-corrected chi connectivity index (χ4v) is 3.95. The Morgan fingerprint density at radius 3 is 2.75 bits per heavy atom. The highest BCUT2D eigenvalue weighted by atomic mass is 32.2. The van der Waals surface area contributed by atoms with E-state index in [0.29, 0.717) is 6.42 Å². The summed E-state index contributed by atoms with van der Waals surface area (Å²) >= 11 is 1.58. The molecule has 2 aromatic rings. The summed E-state index contributed by atoms with van der Waals surface area (Å²) in [5.41, 5.74) is 0. The van der Waals surface area contributed by atoms with Gasteiger partial charge in [0.25, 0.3) is 0 Å². The number of sulfone groups is 1. The van der Waals surface area contributed by atoms with E-state index in [1.165, 1.54) is 18.4 Å². The number of benzene rings is 1. The van der Waals surface area contributed by atoms with E-state index in [4.69, 9.17) is 0 Å². The molecule has 0 aliphatic heterocycles. The van der Waals surface area contributed by atoms with E-state index in [9.17, 15) is 12.8 Å². The van der Waals surface area contributed by atoms with Crippen molar-refractivity contribution < 1.29 is 12.8 Å². The molecule has 1 aromatic carbocycles. The van der Waals surface area contributed by atoms with Crippen LogP contribution in [0.4, 0.5) is 4.39 Å². The van der Waals surface area contributed by atoms with Gasteiger partial charge in [-0.25, -0.2) is 12.8 Å². The molecule has 0 saturated heterocycles. The number of rotatable bonds is 6. The number of hydrogen-bond acceptors (Lipinski definition) is 4. The topological polar surface area (TPSA) is 46.2 Å². The summed E-state index contributed by atoms with van der Waals surface area (Å²) in [6, 6.07) is 6.66. The lowest BCUT2D eigenvalue weighted by atomic mass is 10.1. The summed E-state index contributed by atoms with van der Waals surface area (Å²) in [5.74, 6) is -0.106. The van der Waals surface area contributed by atoms with E-state index >= 15 is 0 Å². The van der Waals surface area contributed by atoms with Crippen molar-refractivity contribution in [3.63, 3.8) is 0 Å². The Labute approximate surface area is 122 Å². The van der Waals surface area contributed by atoms with Crippen LogP contribution in [0, 0.1) is 5.82 Å². The van der Waals surface area contributed by atoms with Gasteiger partial charge in [0.2, 0.25) is 0 Å². The van der Waals surface area contributed by atoms with Crippen LogP contribution in [0.5, 0.6) is 0 Å². The predicted octanol–water partition coefficient (Wildman–Crippen LogP) is 3.13. The molecule has 0 aliphatic carbocycles. The molecule has 1 heterocycles. The van der Waals surface area contributed by atoms with E-state index in [1.807, 2.05) is 13.0 Å². The lowest BCUT2D eigenvalue weighted by Crippen LogP contribution is -2.22. The second-order valence-corrected chi connectivity index (χ2v) is 8.23. The Kier molecular flexibility index (Phi) is 4.78. The molecular weight excluding hydrogens is 297 g/mol. The van der Waals surface area contributed by atoms with E-state index in [0.717, 1.165) is 21.5 Å². The predicted molar refractivity (Wildman–Crippen MR) is 82.5 cm³/mol. The number of thiophene rings is 1. The number of hydrogen-bond donors (Lipinski definition) is 1. The summed E-state index contributed by atoms with van der Waals surface area (Å²) in [6.07, 6.45) is 1.78. The van der Waals surface area contributed by atoms with Crippen LogP contribution in [0.15, 0.2) is 24.3 Å². The van der Waals surface area contributed by atoms with Crippen molar-refractivity contribution in [2.24, 2.45) is 0 Å². The molecule has 6 heteroatoms. The maximum atomic E-state index is 13.2. The molecule has 3 nitrogen and oxygen atoms in total. The zero-order chi connectivity index (χ0) is 14.8. The Hall–Kier alpha value is -0.980. The standard InChI is InChI=1S/C14H18FNO2S2/c1-3-16-12(6-7-20(2,17)18)14-9-10-8-11(15)4-5-13(10)19-14/h4-5,8-9,12,16H,3,6-7H2,1-2H3. The van der Waals surface area contributed by atoms with Gasteiger partial charge in [-0.15, -0.1) is 11.3 Å². The molecule has 0 aliphatic rings. The van der Waals surface area contributed by atoms with Crippen LogP contribution >= 0.6 is 11.3 Å². The minimum atomic E-state index is -2.98. The Morgan fingerprint density at radius 2 is 2.10 bits per heavy atom. The molecule has 0 spiro atoms. The highest BCUT2D eigenvalue weighted by molar-refractivity contribution is 7.90. The van der Waals surface area contributed by atoms with E-state index in [2.05, 4.69) is 5.32 Å². The third kappa shape index (κ3) is 4.01. The highest BCUT2D eigenvalue weighted by Crippen LogP contribution is 2.32. The van der Waals surface area contributed by atoms with E-state index < -0.39 is 9.84 Å². The first-order valence-electron chi connectivity index (χ1n) is 6.49. The quantitative estimate of drug-likeness (QED) is 0.891. The fourth-order valence-electron chi connectivity index (χ4n) is 2.13. The SMILES string of the molecule is CCNC(CCS(C)(=O)=O)c1cc2cc(F)ccc2s1. The molecule has 2 rings (SSSR count). The molecule has 1 unspecified atom stereocenters. The zero-order valence-corrected chi connectivity index (χ0v) is 13.2. The van der Waals surface area contributed by atoms with Gasteiger partial charge in [-0.05, 0) is 42.6 Å². The molecule has 0 amide bonds. The number of halogens is 1.